The number of allylic oxidation sites excluding steroid dienone is 1. The van der Waals surface area contributed by atoms with Crippen molar-refractivity contribution in [2.75, 3.05) is 13.4 Å². The maximum Gasteiger partial charge on any atom is 0.206 e. The van der Waals surface area contributed by atoms with Gasteiger partial charge in [0.1, 0.15) is 16.4 Å². The molecule has 1 aliphatic rings. The molecule has 0 amide bonds. The third kappa shape index (κ3) is 2.92. The van der Waals surface area contributed by atoms with E-state index in [1.165, 1.54) is 0 Å². The molecule has 0 fully saturated rings. The number of nitrogens with two attached hydrogens (primary N) is 1. The van der Waals surface area contributed by atoms with Gasteiger partial charge in [0, 0.05) is 17.2 Å². The second kappa shape index (κ2) is 6.32. The summed E-state index contributed by atoms with van der Waals surface area (Å²) >= 11 is 0. The summed E-state index contributed by atoms with van der Waals surface area (Å²) in [5.41, 5.74) is 7.68. The lowest BCUT2D eigenvalue weighted by molar-refractivity contribution is 0.399. The summed E-state index contributed by atoms with van der Waals surface area (Å²) in [5.74, 6) is 0.669. The van der Waals surface area contributed by atoms with Gasteiger partial charge in [0.2, 0.25) is 5.88 Å². The summed E-state index contributed by atoms with van der Waals surface area (Å²) in [7, 11) is -2.00. The van der Waals surface area contributed by atoms with E-state index < -0.39 is 15.8 Å². The lowest BCUT2D eigenvalue weighted by atomic mass is 9.87. The molecule has 1 unspecified atom stereocenters. The summed E-state index contributed by atoms with van der Waals surface area (Å²) in [5, 5.41) is 1.89. The first-order valence-corrected chi connectivity index (χ1v) is 10.3. The molecule has 0 bridgehead atoms. The van der Waals surface area contributed by atoms with Crippen LogP contribution >= 0.6 is 0 Å². The van der Waals surface area contributed by atoms with Crippen molar-refractivity contribution in [2.45, 2.75) is 5.92 Å². The molecule has 2 N–H and O–H groups in total. The standard InChI is InChI=1S/C21H19NO4S/c1-25-15-10-7-14(8-11-15)18-17-12-9-13-5-3-4-6-16(13)19(17)26-21(22)20(18)27(2,23)24/h3-12,18H,22H2,1-2H3. The van der Waals surface area contributed by atoms with Gasteiger partial charge in [-0.1, -0.05) is 48.5 Å². The zero-order valence-electron chi connectivity index (χ0n) is 15.0. The fourth-order valence-corrected chi connectivity index (χ4v) is 4.67. The topological polar surface area (TPSA) is 78.6 Å². The van der Waals surface area contributed by atoms with Gasteiger partial charge in [-0.25, -0.2) is 8.42 Å². The Morgan fingerprint density at radius 3 is 2.37 bits per heavy atom. The van der Waals surface area contributed by atoms with E-state index in [9.17, 15) is 8.42 Å². The van der Waals surface area contributed by atoms with E-state index >= 15 is 0 Å². The van der Waals surface area contributed by atoms with Gasteiger partial charge in [-0.3, -0.25) is 0 Å². The number of benzene rings is 3. The second-order valence-electron chi connectivity index (χ2n) is 6.51. The van der Waals surface area contributed by atoms with Crippen LogP contribution in [0, 0.1) is 0 Å². The molecule has 138 valence electrons. The number of sulfone groups is 1. The van der Waals surface area contributed by atoms with Crippen LogP contribution in [0.4, 0.5) is 0 Å². The average molecular weight is 381 g/mol. The molecule has 0 saturated carbocycles. The van der Waals surface area contributed by atoms with Gasteiger partial charge < -0.3 is 15.2 Å². The van der Waals surface area contributed by atoms with Crippen LogP contribution in [0.25, 0.3) is 10.8 Å². The highest BCUT2D eigenvalue weighted by Gasteiger charge is 2.36. The second-order valence-corrected chi connectivity index (χ2v) is 8.50. The van der Waals surface area contributed by atoms with Crippen LogP contribution in [-0.4, -0.2) is 21.8 Å². The number of ether oxygens (including phenoxy) is 2. The van der Waals surface area contributed by atoms with Gasteiger partial charge >= 0.3 is 0 Å². The van der Waals surface area contributed by atoms with Crippen LogP contribution in [0.1, 0.15) is 17.0 Å². The Bertz CT molecular complexity index is 1160. The minimum Gasteiger partial charge on any atom is -0.497 e. The van der Waals surface area contributed by atoms with Gasteiger partial charge in [0.05, 0.1) is 13.0 Å². The summed E-state index contributed by atoms with van der Waals surface area (Å²) in [6.07, 6.45) is 1.15. The third-order valence-corrected chi connectivity index (χ3v) is 6.02. The van der Waals surface area contributed by atoms with Crippen molar-refractivity contribution < 1.29 is 17.9 Å². The largest absolute Gasteiger partial charge is 0.497 e. The van der Waals surface area contributed by atoms with Crippen molar-refractivity contribution in [3.63, 3.8) is 0 Å². The molecule has 27 heavy (non-hydrogen) atoms. The van der Waals surface area contributed by atoms with E-state index in [2.05, 4.69) is 0 Å². The molecule has 0 radical (unpaired) electrons. The highest BCUT2D eigenvalue weighted by atomic mass is 32.2. The van der Waals surface area contributed by atoms with Crippen molar-refractivity contribution in [2.24, 2.45) is 5.73 Å². The van der Waals surface area contributed by atoms with Gasteiger partial charge in [-0.05, 0) is 23.1 Å². The van der Waals surface area contributed by atoms with Crippen molar-refractivity contribution in [3.05, 3.63) is 82.6 Å². The predicted octanol–water partition coefficient (Wildman–Crippen LogP) is 3.55. The van der Waals surface area contributed by atoms with Crippen LogP contribution in [0.5, 0.6) is 11.5 Å². The van der Waals surface area contributed by atoms with E-state index in [0.717, 1.165) is 28.2 Å². The molecule has 1 atom stereocenters. The SMILES string of the molecule is COc1ccc(C2C(S(C)(=O)=O)=C(N)Oc3c2ccc2ccccc32)cc1. The lowest BCUT2D eigenvalue weighted by Gasteiger charge is -2.29. The monoisotopic (exact) mass is 381 g/mol. The number of rotatable bonds is 3. The highest BCUT2D eigenvalue weighted by molar-refractivity contribution is 7.94. The van der Waals surface area contributed by atoms with Crippen LogP contribution in [0.3, 0.4) is 0 Å². The Morgan fingerprint density at radius 1 is 1.00 bits per heavy atom. The molecular weight excluding hydrogens is 362 g/mol. The quantitative estimate of drug-likeness (QED) is 0.751. The average Bonchev–Trinajstić information content (AvgIpc) is 2.66. The first kappa shape index (κ1) is 17.4. The molecule has 6 heteroatoms. The molecule has 3 aromatic carbocycles. The summed E-state index contributed by atoms with van der Waals surface area (Å²) in [6.45, 7) is 0. The van der Waals surface area contributed by atoms with Crippen molar-refractivity contribution in [1.82, 2.24) is 0 Å². The first-order valence-electron chi connectivity index (χ1n) is 8.43. The molecule has 3 aromatic rings. The van der Waals surface area contributed by atoms with E-state index in [0.29, 0.717) is 11.5 Å². The Hall–Kier alpha value is -2.99. The Labute approximate surface area is 157 Å². The van der Waals surface area contributed by atoms with E-state index in [1.54, 1.807) is 7.11 Å². The van der Waals surface area contributed by atoms with Crippen molar-refractivity contribution >= 4 is 20.6 Å². The maximum atomic E-state index is 12.5. The molecule has 5 nitrogen and oxygen atoms in total. The molecule has 0 aliphatic carbocycles. The van der Waals surface area contributed by atoms with E-state index in [-0.39, 0.29) is 10.8 Å². The molecular formula is C21H19NO4S. The molecule has 1 heterocycles. The maximum absolute atomic E-state index is 12.5. The fourth-order valence-electron chi connectivity index (χ4n) is 3.57. The van der Waals surface area contributed by atoms with Crippen molar-refractivity contribution in [3.8, 4) is 11.5 Å². The Morgan fingerprint density at radius 2 is 1.70 bits per heavy atom. The van der Waals surface area contributed by atoms with Gasteiger partial charge in [-0.15, -0.1) is 0 Å². The fraction of sp³-hybridized carbons (Fsp3) is 0.143. The Balaban J connectivity index is 2.01. The normalized spacial score (nSPS) is 16.7. The van der Waals surface area contributed by atoms with Crippen LogP contribution in [-0.2, 0) is 9.84 Å². The van der Waals surface area contributed by atoms with Crippen LogP contribution < -0.4 is 15.2 Å². The van der Waals surface area contributed by atoms with Gasteiger partial charge in [-0.2, -0.15) is 0 Å². The zero-order valence-corrected chi connectivity index (χ0v) is 15.8. The van der Waals surface area contributed by atoms with Gasteiger partial charge in [0.25, 0.3) is 0 Å². The van der Waals surface area contributed by atoms with Crippen LogP contribution in [0.15, 0.2) is 71.5 Å². The van der Waals surface area contributed by atoms with Crippen molar-refractivity contribution in [1.29, 1.82) is 0 Å². The zero-order chi connectivity index (χ0) is 19.2. The molecule has 0 saturated heterocycles. The lowest BCUT2D eigenvalue weighted by Crippen LogP contribution is -2.26. The van der Waals surface area contributed by atoms with E-state index in [1.807, 2.05) is 60.7 Å². The number of fused-ring (bicyclic) bond motifs is 3. The Kier molecular flexibility index (Phi) is 4.08. The number of hydrogen-bond acceptors (Lipinski definition) is 5. The third-order valence-electron chi connectivity index (χ3n) is 4.79. The number of hydrogen-bond donors (Lipinski definition) is 1. The smallest absolute Gasteiger partial charge is 0.206 e. The summed E-state index contributed by atoms with van der Waals surface area (Å²) < 4.78 is 36.1. The predicted molar refractivity (Wildman–Crippen MR) is 105 cm³/mol. The first-order chi connectivity index (χ1) is 12.9. The number of methoxy groups -OCH3 is 1. The van der Waals surface area contributed by atoms with Gasteiger partial charge in [0.15, 0.2) is 9.84 Å². The minimum atomic E-state index is -3.59. The molecule has 1 aliphatic heterocycles. The summed E-state index contributed by atoms with van der Waals surface area (Å²) in [4.78, 5) is 0.0791. The highest BCUT2D eigenvalue weighted by Crippen LogP contribution is 2.47. The molecule has 0 spiro atoms. The molecule has 4 rings (SSSR count). The minimum absolute atomic E-state index is 0.0791. The van der Waals surface area contributed by atoms with Crippen LogP contribution in [0.2, 0.25) is 0 Å². The summed E-state index contributed by atoms with van der Waals surface area (Å²) in [6, 6.07) is 19.0. The molecule has 0 aromatic heterocycles. The van der Waals surface area contributed by atoms with E-state index in [4.69, 9.17) is 15.2 Å².